The fourth-order valence-electron chi connectivity index (χ4n) is 3.09. The first-order valence-electron chi connectivity index (χ1n) is 7.63. The molecule has 3 heterocycles. The van der Waals surface area contributed by atoms with Gasteiger partial charge in [0.2, 0.25) is 0 Å². The molecule has 23 heavy (non-hydrogen) atoms. The molecule has 0 bridgehead atoms. The van der Waals surface area contributed by atoms with Gasteiger partial charge < -0.3 is 0 Å². The fraction of sp³-hybridized carbons (Fsp3) is 0.158. The predicted octanol–water partition coefficient (Wildman–Crippen LogP) is 4.48. The SMILES string of the molecule is C=C1CCc2c(-c3ccc(F)cc3)c(-c3cccc(C)n3)nn21. The minimum absolute atomic E-state index is 0.239. The van der Waals surface area contributed by atoms with E-state index in [-0.39, 0.29) is 5.82 Å². The Morgan fingerprint density at radius 2 is 1.87 bits per heavy atom. The average molecular weight is 305 g/mol. The molecule has 0 spiro atoms. The molecule has 4 rings (SSSR count). The van der Waals surface area contributed by atoms with Gasteiger partial charge in [-0.25, -0.2) is 9.07 Å². The van der Waals surface area contributed by atoms with Crippen molar-refractivity contribution in [3.63, 3.8) is 0 Å². The lowest BCUT2D eigenvalue weighted by molar-refractivity contribution is 0.628. The maximum Gasteiger partial charge on any atom is 0.123 e. The van der Waals surface area contributed by atoms with Crippen LogP contribution in [0.1, 0.15) is 17.8 Å². The Balaban J connectivity index is 1.98. The average Bonchev–Trinajstić information content (AvgIpc) is 3.09. The van der Waals surface area contributed by atoms with Crippen LogP contribution >= 0.6 is 0 Å². The van der Waals surface area contributed by atoms with E-state index in [1.54, 1.807) is 12.1 Å². The number of aryl methyl sites for hydroxylation is 1. The molecule has 0 unspecified atom stereocenters. The zero-order valence-corrected chi connectivity index (χ0v) is 12.9. The molecule has 0 radical (unpaired) electrons. The molecule has 0 aliphatic carbocycles. The van der Waals surface area contributed by atoms with Gasteiger partial charge in [0.05, 0.1) is 11.4 Å². The number of aromatic nitrogens is 3. The van der Waals surface area contributed by atoms with Crippen LogP contribution in [0.4, 0.5) is 4.39 Å². The van der Waals surface area contributed by atoms with Crippen molar-refractivity contribution >= 4 is 5.70 Å². The summed E-state index contributed by atoms with van der Waals surface area (Å²) in [7, 11) is 0. The van der Waals surface area contributed by atoms with Gasteiger partial charge in [0.1, 0.15) is 11.5 Å². The second kappa shape index (κ2) is 5.16. The third-order valence-corrected chi connectivity index (χ3v) is 4.19. The zero-order chi connectivity index (χ0) is 16.0. The van der Waals surface area contributed by atoms with E-state index in [1.165, 1.54) is 12.1 Å². The van der Waals surface area contributed by atoms with Crippen LogP contribution in [0, 0.1) is 12.7 Å². The highest BCUT2D eigenvalue weighted by molar-refractivity contribution is 5.83. The number of hydrogen-bond donors (Lipinski definition) is 0. The van der Waals surface area contributed by atoms with Crippen LogP contribution in [-0.2, 0) is 6.42 Å². The summed E-state index contributed by atoms with van der Waals surface area (Å²) in [5.74, 6) is -0.239. The van der Waals surface area contributed by atoms with Crippen LogP contribution in [0.2, 0.25) is 0 Å². The van der Waals surface area contributed by atoms with Gasteiger partial charge in [0, 0.05) is 17.0 Å². The van der Waals surface area contributed by atoms with Crippen molar-refractivity contribution < 1.29 is 4.39 Å². The van der Waals surface area contributed by atoms with E-state index in [0.29, 0.717) is 0 Å². The van der Waals surface area contributed by atoms with Crippen molar-refractivity contribution in [2.24, 2.45) is 0 Å². The topological polar surface area (TPSA) is 30.7 Å². The standard InChI is InChI=1S/C19H16FN3/c1-12-4-3-5-16(21-12)19-18(14-7-9-15(20)10-8-14)17-11-6-13(2)23(17)22-19/h3-5,7-10H,2,6,11H2,1H3. The molecular formula is C19H16FN3. The second-order valence-electron chi connectivity index (χ2n) is 5.82. The highest BCUT2D eigenvalue weighted by Crippen LogP contribution is 2.39. The third-order valence-electron chi connectivity index (χ3n) is 4.19. The van der Waals surface area contributed by atoms with Crippen LogP contribution in [0.15, 0.2) is 49.0 Å². The number of hydrogen-bond acceptors (Lipinski definition) is 2. The number of allylic oxidation sites excluding steroid dienone is 1. The molecule has 4 heteroatoms. The number of nitrogens with zero attached hydrogens (tertiary/aromatic N) is 3. The zero-order valence-electron chi connectivity index (χ0n) is 12.9. The molecule has 3 aromatic rings. The van der Waals surface area contributed by atoms with Gasteiger partial charge in [-0.05, 0) is 49.6 Å². The molecule has 2 aromatic heterocycles. The van der Waals surface area contributed by atoms with E-state index in [0.717, 1.165) is 52.4 Å². The smallest absolute Gasteiger partial charge is 0.123 e. The molecule has 0 saturated heterocycles. The summed E-state index contributed by atoms with van der Waals surface area (Å²) in [5, 5.41) is 4.74. The number of halogens is 1. The highest BCUT2D eigenvalue weighted by atomic mass is 19.1. The van der Waals surface area contributed by atoms with E-state index < -0.39 is 0 Å². The Labute approximate surface area is 134 Å². The quantitative estimate of drug-likeness (QED) is 0.699. The van der Waals surface area contributed by atoms with Crippen molar-refractivity contribution in [1.82, 2.24) is 14.8 Å². The minimum Gasteiger partial charge on any atom is -0.251 e. The Bertz CT molecular complexity index is 907. The molecule has 0 saturated carbocycles. The molecule has 1 aliphatic rings. The van der Waals surface area contributed by atoms with Crippen molar-refractivity contribution in [3.8, 4) is 22.5 Å². The van der Waals surface area contributed by atoms with E-state index >= 15 is 0 Å². The van der Waals surface area contributed by atoms with E-state index in [9.17, 15) is 4.39 Å². The van der Waals surface area contributed by atoms with Crippen molar-refractivity contribution in [2.75, 3.05) is 0 Å². The van der Waals surface area contributed by atoms with E-state index in [1.807, 2.05) is 29.8 Å². The fourth-order valence-corrected chi connectivity index (χ4v) is 3.09. The van der Waals surface area contributed by atoms with Crippen molar-refractivity contribution in [1.29, 1.82) is 0 Å². The monoisotopic (exact) mass is 305 g/mol. The van der Waals surface area contributed by atoms with Gasteiger partial charge in [-0.1, -0.05) is 24.8 Å². The van der Waals surface area contributed by atoms with Gasteiger partial charge >= 0.3 is 0 Å². The Hall–Kier alpha value is -2.75. The number of benzene rings is 1. The summed E-state index contributed by atoms with van der Waals surface area (Å²) in [6.45, 7) is 6.05. The van der Waals surface area contributed by atoms with E-state index in [2.05, 4.69) is 11.6 Å². The normalized spacial score (nSPS) is 13.4. The molecule has 1 aliphatic heterocycles. The first-order chi connectivity index (χ1) is 11.1. The summed E-state index contributed by atoms with van der Waals surface area (Å²) in [6.07, 6.45) is 1.79. The lowest BCUT2D eigenvalue weighted by Gasteiger charge is -2.05. The molecule has 0 N–H and O–H groups in total. The summed E-state index contributed by atoms with van der Waals surface area (Å²) in [5.41, 5.74) is 6.71. The minimum atomic E-state index is -0.239. The number of pyridine rings is 1. The summed E-state index contributed by atoms with van der Waals surface area (Å²) >= 11 is 0. The maximum atomic E-state index is 13.3. The van der Waals surface area contributed by atoms with Gasteiger partial charge in [-0.2, -0.15) is 5.10 Å². The summed E-state index contributed by atoms with van der Waals surface area (Å²) in [6, 6.07) is 12.5. The first-order valence-corrected chi connectivity index (χ1v) is 7.63. The molecule has 3 nitrogen and oxygen atoms in total. The van der Waals surface area contributed by atoms with Crippen LogP contribution < -0.4 is 0 Å². The number of fused-ring (bicyclic) bond motifs is 1. The Morgan fingerprint density at radius 1 is 1.09 bits per heavy atom. The Kier molecular flexibility index (Phi) is 3.11. The molecule has 114 valence electrons. The van der Waals surface area contributed by atoms with Gasteiger partial charge in [-0.15, -0.1) is 0 Å². The lowest BCUT2D eigenvalue weighted by atomic mass is 9.99. The maximum absolute atomic E-state index is 13.3. The van der Waals surface area contributed by atoms with Crippen LogP contribution in [-0.4, -0.2) is 14.8 Å². The van der Waals surface area contributed by atoms with Gasteiger partial charge in [-0.3, -0.25) is 4.98 Å². The van der Waals surface area contributed by atoms with Crippen LogP contribution in [0.5, 0.6) is 0 Å². The third kappa shape index (κ3) is 2.27. The largest absolute Gasteiger partial charge is 0.251 e. The van der Waals surface area contributed by atoms with Crippen molar-refractivity contribution in [3.05, 3.63) is 66.2 Å². The number of rotatable bonds is 2. The molecule has 1 aromatic carbocycles. The molecular weight excluding hydrogens is 289 g/mol. The highest BCUT2D eigenvalue weighted by Gasteiger charge is 2.26. The second-order valence-corrected chi connectivity index (χ2v) is 5.82. The van der Waals surface area contributed by atoms with E-state index in [4.69, 9.17) is 5.10 Å². The van der Waals surface area contributed by atoms with Crippen LogP contribution in [0.25, 0.3) is 28.2 Å². The predicted molar refractivity (Wildman–Crippen MR) is 89.2 cm³/mol. The summed E-state index contributed by atoms with van der Waals surface area (Å²) in [4.78, 5) is 4.61. The summed E-state index contributed by atoms with van der Waals surface area (Å²) < 4.78 is 15.2. The van der Waals surface area contributed by atoms with Gasteiger partial charge in [0.15, 0.2) is 0 Å². The molecule has 0 amide bonds. The van der Waals surface area contributed by atoms with Crippen LogP contribution in [0.3, 0.4) is 0 Å². The van der Waals surface area contributed by atoms with Crippen molar-refractivity contribution in [2.45, 2.75) is 19.8 Å². The first kappa shape index (κ1) is 13.9. The molecule has 0 atom stereocenters. The van der Waals surface area contributed by atoms with Gasteiger partial charge in [0.25, 0.3) is 0 Å². The lowest BCUT2D eigenvalue weighted by Crippen LogP contribution is -1.93. The molecule has 0 fully saturated rings. The Morgan fingerprint density at radius 3 is 2.61 bits per heavy atom.